The van der Waals surface area contributed by atoms with E-state index in [4.69, 9.17) is 0 Å². The van der Waals surface area contributed by atoms with Gasteiger partial charge in [-0.25, -0.2) is 4.79 Å². The number of hydrogen-bond acceptors (Lipinski definition) is 3. The first-order chi connectivity index (χ1) is 11.7. The first-order valence-corrected chi connectivity index (χ1v) is 9.19. The maximum Gasteiger partial charge on any atom is 0.408 e. The van der Waals surface area contributed by atoms with Crippen molar-refractivity contribution in [3.8, 4) is 0 Å². The normalized spacial score (nSPS) is 30.5. The Kier molecular flexibility index (Phi) is 5.96. The number of halogens is 1. The number of benzene rings is 1. The second kappa shape index (κ2) is 7.37. The molecule has 2 bridgehead atoms. The molecule has 0 aromatic heterocycles. The van der Waals surface area contributed by atoms with Crippen molar-refractivity contribution in [1.82, 2.24) is 10.2 Å². The number of aliphatic hydroxyl groups excluding tert-OH is 1. The van der Waals surface area contributed by atoms with E-state index in [-0.39, 0.29) is 17.9 Å². The average Bonchev–Trinajstić information content (AvgIpc) is 2.54. The predicted molar refractivity (Wildman–Crippen MR) is 105 cm³/mol. The zero-order valence-corrected chi connectivity index (χ0v) is 16.7. The van der Waals surface area contributed by atoms with Gasteiger partial charge in [-0.05, 0) is 58.4 Å². The van der Waals surface area contributed by atoms with Gasteiger partial charge in [-0.1, -0.05) is 30.3 Å². The lowest BCUT2D eigenvalue weighted by Crippen LogP contribution is -2.73. The lowest BCUT2D eigenvalue weighted by molar-refractivity contribution is -0.135. The van der Waals surface area contributed by atoms with Crippen LogP contribution in [0.2, 0.25) is 0 Å². The molecule has 0 aliphatic heterocycles. The highest BCUT2D eigenvalue weighted by Gasteiger charge is 2.59. The average molecular weight is 383 g/mol. The van der Waals surface area contributed by atoms with Crippen LogP contribution in [0.5, 0.6) is 0 Å². The maximum atomic E-state index is 12.0. The van der Waals surface area contributed by atoms with Crippen LogP contribution in [0.1, 0.15) is 58.4 Å². The summed E-state index contributed by atoms with van der Waals surface area (Å²) in [6.45, 7) is 6.51. The van der Waals surface area contributed by atoms with Gasteiger partial charge in [0.2, 0.25) is 0 Å². The van der Waals surface area contributed by atoms with Crippen molar-refractivity contribution < 1.29 is 15.0 Å². The lowest BCUT2D eigenvalue weighted by Gasteiger charge is -2.61. The van der Waals surface area contributed by atoms with Gasteiger partial charge in [0.1, 0.15) is 0 Å². The van der Waals surface area contributed by atoms with Crippen molar-refractivity contribution in [2.24, 2.45) is 0 Å². The van der Waals surface area contributed by atoms with Crippen molar-refractivity contribution in [1.29, 1.82) is 0 Å². The van der Waals surface area contributed by atoms with Crippen LogP contribution in [0.15, 0.2) is 30.3 Å². The third kappa shape index (κ3) is 3.71. The molecule has 3 aliphatic carbocycles. The molecule has 0 spiro atoms. The minimum Gasteiger partial charge on any atom is -0.465 e. The fourth-order valence-electron chi connectivity index (χ4n) is 4.91. The van der Waals surface area contributed by atoms with Crippen molar-refractivity contribution in [2.45, 2.75) is 82.1 Å². The highest BCUT2D eigenvalue weighted by Crippen LogP contribution is 2.51. The SMILES string of the molecule is CC(C)(C)N(C(=O)O)C12CCC(NCc3ccccc3)(CC1)C[C@@H]2O.Cl. The van der Waals surface area contributed by atoms with Crippen molar-refractivity contribution in [3.05, 3.63) is 35.9 Å². The van der Waals surface area contributed by atoms with Gasteiger partial charge < -0.3 is 15.5 Å². The van der Waals surface area contributed by atoms with Crippen molar-refractivity contribution in [2.75, 3.05) is 0 Å². The monoisotopic (exact) mass is 382 g/mol. The molecule has 3 saturated carbocycles. The molecule has 1 aromatic rings. The molecule has 26 heavy (non-hydrogen) atoms. The highest BCUT2D eigenvalue weighted by molar-refractivity contribution is 5.85. The Labute approximate surface area is 162 Å². The second-order valence-electron chi connectivity index (χ2n) is 8.73. The Morgan fingerprint density at radius 2 is 1.77 bits per heavy atom. The smallest absolute Gasteiger partial charge is 0.408 e. The van der Waals surface area contributed by atoms with Gasteiger partial charge >= 0.3 is 6.09 Å². The summed E-state index contributed by atoms with van der Waals surface area (Å²) in [6.07, 6.45) is 2.26. The number of rotatable bonds is 4. The minimum absolute atomic E-state index is 0. The Balaban J connectivity index is 0.00000243. The quantitative estimate of drug-likeness (QED) is 0.740. The van der Waals surface area contributed by atoms with Crippen LogP contribution in [-0.2, 0) is 6.54 Å². The van der Waals surface area contributed by atoms with E-state index in [1.807, 2.05) is 39.0 Å². The summed E-state index contributed by atoms with van der Waals surface area (Å²) in [4.78, 5) is 13.5. The topological polar surface area (TPSA) is 72.8 Å². The minimum atomic E-state index is -0.932. The largest absolute Gasteiger partial charge is 0.465 e. The van der Waals surface area contributed by atoms with Crippen LogP contribution in [0.25, 0.3) is 0 Å². The fourth-order valence-corrected chi connectivity index (χ4v) is 4.91. The van der Waals surface area contributed by atoms with E-state index in [0.29, 0.717) is 19.3 Å². The number of fused-ring (bicyclic) bond motifs is 3. The number of aliphatic hydroxyl groups is 1. The molecule has 3 fully saturated rings. The summed E-state index contributed by atoms with van der Waals surface area (Å²) >= 11 is 0. The summed E-state index contributed by atoms with van der Waals surface area (Å²) in [7, 11) is 0. The Morgan fingerprint density at radius 3 is 2.23 bits per heavy atom. The van der Waals surface area contributed by atoms with Crippen LogP contribution in [0.3, 0.4) is 0 Å². The summed E-state index contributed by atoms with van der Waals surface area (Å²) in [5, 5.41) is 24.4. The maximum absolute atomic E-state index is 12.0. The van der Waals surface area contributed by atoms with Gasteiger partial charge in [-0.2, -0.15) is 0 Å². The molecule has 3 N–H and O–H groups in total. The Hall–Kier alpha value is -1.30. The molecule has 1 atom stereocenters. The summed E-state index contributed by atoms with van der Waals surface area (Å²) < 4.78 is 0. The molecule has 4 rings (SSSR count). The molecule has 1 amide bonds. The van der Waals surface area contributed by atoms with E-state index < -0.39 is 23.3 Å². The van der Waals surface area contributed by atoms with Crippen molar-refractivity contribution in [3.63, 3.8) is 0 Å². The molecule has 6 heteroatoms. The highest BCUT2D eigenvalue weighted by atomic mass is 35.5. The van der Waals surface area contributed by atoms with Gasteiger partial charge in [0, 0.05) is 17.6 Å². The lowest BCUT2D eigenvalue weighted by atomic mass is 9.58. The molecule has 5 nitrogen and oxygen atoms in total. The van der Waals surface area contributed by atoms with Crippen LogP contribution in [-0.4, -0.2) is 43.9 Å². The standard InChI is InChI=1S/C20H30N2O3.ClH/c1-18(2,3)22(17(24)25)20-11-9-19(10-12-20,13-16(20)23)21-14-15-7-5-4-6-8-15;/h4-8,16,21,23H,9-14H2,1-3H3,(H,24,25);1H/t16-,19?,20?;/m0./s1. The molecule has 0 unspecified atom stereocenters. The Bertz CT molecular complexity index is 622. The third-order valence-corrected chi connectivity index (χ3v) is 6.10. The predicted octanol–water partition coefficient (Wildman–Crippen LogP) is 3.79. The van der Waals surface area contributed by atoms with E-state index >= 15 is 0 Å². The van der Waals surface area contributed by atoms with Gasteiger partial charge in [-0.3, -0.25) is 4.90 Å². The number of carbonyl (C=O) groups is 1. The number of amides is 1. The van der Waals surface area contributed by atoms with Crippen LogP contribution < -0.4 is 5.32 Å². The molecule has 146 valence electrons. The molecule has 1 aromatic carbocycles. The third-order valence-electron chi connectivity index (χ3n) is 6.10. The molecule has 0 radical (unpaired) electrons. The second-order valence-corrected chi connectivity index (χ2v) is 8.73. The van der Waals surface area contributed by atoms with Crippen LogP contribution in [0.4, 0.5) is 4.79 Å². The van der Waals surface area contributed by atoms with E-state index in [2.05, 4.69) is 17.4 Å². The summed E-state index contributed by atoms with van der Waals surface area (Å²) in [6, 6.07) is 10.3. The molecular weight excluding hydrogens is 352 g/mol. The van der Waals surface area contributed by atoms with Gasteiger partial charge in [0.15, 0.2) is 0 Å². The van der Waals surface area contributed by atoms with Gasteiger partial charge in [0.05, 0.1) is 11.6 Å². The van der Waals surface area contributed by atoms with Gasteiger partial charge in [-0.15, -0.1) is 12.4 Å². The van der Waals surface area contributed by atoms with Crippen molar-refractivity contribution >= 4 is 18.5 Å². The van der Waals surface area contributed by atoms with Gasteiger partial charge in [0.25, 0.3) is 0 Å². The molecular formula is C20H31ClN2O3. The van der Waals surface area contributed by atoms with Crippen LogP contribution >= 0.6 is 12.4 Å². The first-order valence-electron chi connectivity index (χ1n) is 9.19. The Morgan fingerprint density at radius 1 is 1.19 bits per heavy atom. The number of carboxylic acid groups (broad SMARTS) is 1. The number of nitrogens with zero attached hydrogens (tertiary/aromatic N) is 1. The number of hydrogen-bond donors (Lipinski definition) is 3. The molecule has 3 aliphatic rings. The molecule has 0 saturated heterocycles. The van der Waals surface area contributed by atoms with E-state index in [0.717, 1.165) is 19.4 Å². The van der Waals surface area contributed by atoms with E-state index in [1.165, 1.54) is 10.5 Å². The van der Waals surface area contributed by atoms with E-state index in [1.54, 1.807) is 0 Å². The van der Waals surface area contributed by atoms with E-state index in [9.17, 15) is 15.0 Å². The fraction of sp³-hybridized carbons (Fsp3) is 0.650. The summed E-state index contributed by atoms with van der Waals surface area (Å²) in [5.41, 5.74) is -0.0309. The number of nitrogens with one attached hydrogen (secondary N) is 1. The summed E-state index contributed by atoms with van der Waals surface area (Å²) in [5.74, 6) is 0. The zero-order chi connectivity index (χ0) is 18.3. The van der Waals surface area contributed by atoms with Crippen LogP contribution in [0, 0.1) is 0 Å². The zero-order valence-electron chi connectivity index (χ0n) is 15.9. The first kappa shape index (κ1) is 21.0. The molecule has 0 heterocycles.